The normalized spacial score (nSPS) is 12.8. The molecule has 0 fully saturated rings. The van der Waals surface area contributed by atoms with E-state index >= 15 is 0 Å². The van der Waals surface area contributed by atoms with Crippen LogP contribution in [0.4, 0.5) is 0 Å². The van der Waals surface area contributed by atoms with Gasteiger partial charge in [-0.15, -0.1) is 0 Å². The van der Waals surface area contributed by atoms with Crippen molar-refractivity contribution in [3.05, 3.63) is 144 Å². The van der Waals surface area contributed by atoms with Gasteiger partial charge in [0.05, 0.1) is 23.0 Å². The van der Waals surface area contributed by atoms with Crippen molar-refractivity contribution in [2.45, 2.75) is 19.3 Å². The Kier molecular flexibility index (Phi) is 5.84. The summed E-state index contributed by atoms with van der Waals surface area (Å²) in [7, 11) is 0. The van der Waals surface area contributed by atoms with Crippen LogP contribution in [0.15, 0.2) is 127 Å². The maximum Gasteiger partial charge on any atom is 0.160 e. The van der Waals surface area contributed by atoms with Crippen molar-refractivity contribution in [3.63, 3.8) is 0 Å². The highest BCUT2D eigenvalue weighted by atomic mass is 14.9. The molecule has 5 aromatic carbocycles. The predicted octanol–water partition coefficient (Wildman–Crippen LogP) is 9.32. The van der Waals surface area contributed by atoms with Crippen molar-refractivity contribution in [1.29, 1.82) is 5.26 Å². The van der Waals surface area contributed by atoms with Crippen LogP contribution in [0.2, 0.25) is 0 Å². The van der Waals surface area contributed by atoms with Crippen molar-refractivity contribution in [1.82, 2.24) is 9.97 Å². The predicted molar refractivity (Wildman–Crippen MR) is 166 cm³/mol. The van der Waals surface area contributed by atoms with E-state index in [2.05, 4.69) is 86.6 Å². The second-order valence-corrected chi connectivity index (χ2v) is 11.0. The maximum absolute atomic E-state index is 9.50. The quantitative estimate of drug-likeness (QED) is 0.230. The molecule has 0 N–H and O–H groups in total. The van der Waals surface area contributed by atoms with Crippen molar-refractivity contribution >= 4 is 0 Å². The standard InChI is InChI=1S/C38H27N3/c1-38(2)33-19-13-25(24-39)21-31(33)32-22-30(18-20-34(32)38)26-14-16-28(17-15-26)36-23-35(27-9-5-3-6-10-27)40-37(41-36)29-11-7-4-8-12-29/h3-23H,1-2H3. The molecular weight excluding hydrogens is 498 g/mol. The lowest BCUT2D eigenvalue weighted by atomic mass is 9.82. The Bertz CT molecular complexity index is 1890. The molecule has 0 bridgehead atoms. The first-order valence-corrected chi connectivity index (χ1v) is 13.8. The third-order valence-corrected chi connectivity index (χ3v) is 8.15. The van der Waals surface area contributed by atoms with E-state index in [-0.39, 0.29) is 5.41 Å². The van der Waals surface area contributed by atoms with E-state index in [9.17, 15) is 5.26 Å². The SMILES string of the molecule is CC1(C)c2ccc(C#N)cc2-c2cc(-c3ccc(-c4cc(-c5ccccc5)nc(-c5ccccc5)n4)cc3)ccc21. The van der Waals surface area contributed by atoms with E-state index in [0.717, 1.165) is 44.8 Å². The number of benzene rings is 5. The Morgan fingerprint density at radius 3 is 1.66 bits per heavy atom. The Morgan fingerprint density at radius 1 is 0.512 bits per heavy atom. The molecule has 0 radical (unpaired) electrons. The summed E-state index contributed by atoms with van der Waals surface area (Å²) in [5.74, 6) is 0.711. The number of nitriles is 1. The van der Waals surface area contributed by atoms with Gasteiger partial charge in [0.1, 0.15) is 0 Å². The lowest BCUT2D eigenvalue weighted by molar-refractivity contribution is 0.660. The summed E-state index contributed by atoms with van der Waals surface area (Å²) in [6, 6.07) is 46.1. The van der Waals surface area contributed by atoms with Crippen LogP contribution < -0.4 is 0 Å². The van der Waals surface area contributed by atoms with Crippen molar-refractivity contribution in [2.75, 3.05) is 0 Å². The minimum atomic E-state index is -0.0963. The molecule has 1 aliphatic rings. The molecule has 1 aromatic heterocycles. The molecule has 6 aromatic rings. The van der Waals surface area contributed by atoms with E-state index in [4.69, 9.17) is 9.97 Å². The lowest BCUT2D eigenvalue weighted by Gasteiger charge is -2.21. The van der Waals surface area contributed by atoms with E-state index in [0.29, 0.717) is 11.4 Å². The second-order valence-electron chi connectivity index (χ2n) is 11.0. The summed E-state index contributed by atoms with van der Waals surface area (Å²) in [6.45, 7) is 4.51. The molecule has 0 spiro atoms. The molecule has 0 amide bonds. The highest BCUT2D eigenvalue weighted by Gasteiger charge is 2.35. The smallest absolute Gasteiger partial charge is 0.160 e. The molecule has 1 heterocycles. The minimum Gasteiger partial charge on any atom is -0.228 e. The molecular formula is C38H27N3. The monoisotopic (exact) mass is 525 g/mol. The summed E-state index contributed by atoms with van der Waals surface area (Å²) < 4.78 is 0. The molecule has 194 valence electrons. The second kappa shape index (κ2) is 9.70. The molecule has 3 heteroatoms. The van der Waals surface area contributed by atoms with E-state index in [1.54, 1.807) is 0 Å². The van der Waals surface area contributed by atoms with Crippen LogP contribution in [0, 0.1) is 11.3 Å². The van der Waals surface area contributed by atoms with Gasteiger partial charge in [0, 0.05) is 22.1 Å². The van der Waals surface area contributed by atoms with E-state index < -0.39 is 0 Å². The number of hydrogen-bond acceptors (Lipinski definition) is 3. The van der Waals surface area contributed by atoms with Gasteiger partial charge in [-0.1, -0.05) is 117 Å². The van der Waals surface area contributed by atoms with Gasteiger partial charge in [0.25, 0.3) is 0 Å². The highest BCUT2D eigenvalue weighted by molar-refractivity contribution is 5.85. The largest absolute Gasteiger partial charge is 0.228 e. The lowest BCUT2D eigenvalue weighted by Crippen LogP contribution is -2.14. The summed E-state index contributed by atoms with van der Waals surface area (Å²) >= 11 is 0. The van der Waals surface area contributed by atoms with Gasteiger partial charge in [0.2, 0.25) is 0 Å². The van der Waals surface area contributed by atoms with Gasteiger partial charge in [-0.05, 0) is 57.6 Å². The Labute approximate surface area is 240 Å². The molecule has 7 rings (SSSR count). The van der Waals surface area contributed by atoms with Gasteiger partial charge >= 0.3 is 0 Å². The molecule has 3 nitrogen and oxygen atoms in total. The zero-order valence-electron chi connectivity index (χ0n) is 23.0. The van der Waals surface area contributed by atoms with Crippen molar-refractivity contribution < 1.29 is 0 Å². The first-order chi connectivity index (χ1) is 20.0. The maximum atomic E-state index is 9.50. The van der Waals surface area contributed by atoms with Crippen LogP contribution in [0.25, 0.3) is 56.2 Å². The molecule has 0 atom stereocenters. The fourth-order valence-corrected chi connectivity index (χ4v) is 5.92. The van der Waals surface area contributed by atoms with Crippen LogP contribution in [-0.4, -0.2) is 9.97 Å². The summed E-state index contributed by atoms with van der Waals surface area (Å²) in [5, 5.41) is 9.50. The first kappa shape index (κ1) is 24.7. The van der Waals surface area contributed by atoms with Crippen molar-refractivity contribution in [3.8, 4) is 62.2 Å². The van der Waals surface area contributed by atoms with Gasteiger partial charge in [0.15, 0.2) is 5.82 Å². The van der Waals surface area contributed by atoms with Gasteiger partial charge in [-0.25, -0.2) is 9.97 Å². The zero-order valence-corrected chi connectivity index (χ0v) is 23.0. The fourth-order valence-electron chi connectivity index (χ4n) is 5.92. The van der Waals surface area contributed by atoms with Gasteiger partial charge < -0.3 is 0 Å². The topological polar surface area (TPSA) is 49.6 Å². The summed E-state index contributed by atoms with van der Waals surface area (Å²) in [4.78, 5) is 9.88. The molecule has 0 aliphatic heterocycles. The van der Waals surface area contributed by atoms with Crippen LogP contribution in [-0.2, 0) is 5.41 Å². The number of rotatable bonds is 4. The number of aromatic nitrogens is 2. The van der Waals surface area contributed by atoms with Crippen molar-refractivity contribution in [2.24, 2.45) is 0 Å². The number of fused-ring (bicyclic) bond motifs is 3. The first-order valence-electron chi connectivity index (χ1n) is 13.8. The summed E-state index contributed by atoms with van der Waals surface area (Å²) in [6.07, 6.45) is 0. The zero-order chi connectivity index (χ0) is 28.0. The minimum absolute atomic E-state index is 0.0963. The molecule has 41 heavy (non-hydrogen) atoms. The summed E-state index contributed by atoms with van der Waals surface area (Å²) in [5.41, 5.74) is 12.7. The average molecular weight is 526 g/mol. The van der Waals surface area contributed by atoms with E-state index in [1.165, 1.54) is 16.7 Å². The highest BCUT2D eigenvalue weighted by Crippen LogP contribution is 2.49. The van der Waals surface area contributed by atoms with Crippen LogP contribution in [0.3, 0.4) is 0 Å². The molecule has 0 saturated carbocycles. The van der Waals surface area contributed by atoms with Crippen LogP contribution >= 0.6 is 0 Å². The van der Waals surface area contributed by atoms with Gasteiger partial charge in [-0.3, -0.25) is 0 Å². The Hall–Kier alpha value is -5.33. The van der Waals surface area contributed by atoms with Crippen LogP contribution in [0.5, 0.6) is 0 Å². The average Bonchev–Trinajstić information content (AvgIpc) is 3.27. The third kappa shape index (κ3) is 4.31. The van der Waals surface area contributed by atoms with E-state index in [1.807, 2.05) is 60.7 Å². The Morgan fingerprint density at radius 2 is 1.02 bits per heavy atom. The molecule has 0 saturated heterocycles. The number of nitrogens with zero attached hydrogens (tertiary/aromatic N) is 3. The third-order valence-electron chi connectivity index (χ3n) is 8.15. The van der Waals surface area contributed by atoms with Crippen LogP contribution in [0.1, 0.15) is 30.5 Å². The molecule has 0 unspecified atom stereocenters. The molecule has 1 aliphatic carbocycles. The number of hydrogen-bond donors (Lipinski definition) is 0. The van der Waals surface area contributed by atoms with Gasteiger partial charge in [-0.2, -0.15) is 5.26 Å². The Balaban J connectivity index is 1.28. The fraction of sp³-hybridized carbons (Fsp3) is 0.0789.